The maximum atomic E-state index is 12.6. The predicted octanol–water partition coefficient (Wildman–Crippen LogP) is 10.2. The summed E-state index contributed by atoms with van der Waals surface area (Å²) in [7, 11) is 1.73. The average molecular weight is 687 g/mol. The smallest absolute Gasteiger partial charge is 0.123 e. The Labute approximate surface area is 288 Å². The number of ether oxygens (including phenoxy) is 3. The highest BCUT2D eigenvalue weighted by Gasteiger charge is 2.04. The van der Waals surface area contributed by atoms with E-state index in [4.69, 9.17) is 29.5 Å². The highest BCUT2D eigenvalue weighted by molar-refractivity contribution is 4.56. The SMILES string of the molecule is C=COCCCCCCCCCC(F)CO.CCOCCCCCCCCCC(F)CO.COCCCCCCCCCC(F)CO. The maximum Gasteiger partial charge on any atom is 0.123 e. The molecule has 0 amide bonds. The lowest BCUT2D eigenvalue weighted by Crippen LogP contribution is -2.04. The van der Waals surface area contributed by atoms with Gasteiger partial charge in [-0.2, -0.15) is 0 Å². The summed E-state index contributed by atoms with van der Waals surface area (Å²) in [5.41, 5.74) is 0. The molecule has 0 fully saturated rings. The van der Waals surface area contributed by atoms with Crippen molar-refractivity contribution in [2.75, 3.05) is 53.4 Å². The first kappa shape index (κ1) is 50.5. The van der Waals surface area contributed by atoms with Gasteiger partial charge in [0.25, 0.3) is 0 Å². The first-order valence-electron chi connectivity index (χ1n) is 19.0. The quantitative estimate of drug-likeness (QED) is 0.0454. The molecule has 0 aromatic rings. The third-order valence-corrected chi connectivity index (χ3v) is 7.87. The van der Waals surface area contributed by atoms with Gasteiger partial charge in [0, 0.05) is 26.9 Å². The van der Waals surface area contributed by atoms with E-state index in [1.54, 1.807) is 7.11 Å². The van der Waals surface area contributed by atoms with Crippen LogP contribution in [0.3, 0.4) is 0 Å². The number of alkyl halides is 3. The maximum absolute atomic E-state index is 12.6. The van der Waals surface area contributed by atoms with Crippen LogP contribution < -0.4 is 0 Å². The fourth-order valence-electron chi connectivity index (χ4n) is 4.89. The minimum atomic E-state index is -1.02. The third-order valence-electron chi connectivity index (χ3n) is 7.87. The van der Waals surface area contributed by atoms with Gasteiger partial charge >= 0.3 is 0 Å². The van der Waals surface area contributed by atoms with Crippen molar-refractivity contribution in [2.24, 2.45) is 0 Å². The molecule has 0 aliphatic carbocycles. The van der Waals surface area contributed by atoms with Crippen molar-refractivity contribution in [3.8, 4) is 0 Å². The summed E-state index contributed by atoms with van der Waals surface area (Å²) in [5.74, 6) is 0. The molecule has 0 aromatic carbocycles. The van der Waals surface area contributed by atoms with E-state index in [1.165, 1.54) is 83.3 Å². The molecule has 0 heterocycles. The summed E-state index contributed by atoms with van der Waals surface area (Å²) >= 11 is 0. The zero-order valence-electron chi connectivity index (χ0n) is 30.6. The Balaban J connectivity index is -0.000000618. The minimum Gasteiger partial charge on any atom is -0.502 e. The highest BCUT2D eigenvalue weighted by Crippen LogP contribution is 2.13. The fourth-order valence-corrected chi connectivity index (χ4v) is 4.89. The Bertz CT molecular complexity index is 548. The number of halogens is 3. The molecule has 0 radical (unpaired) electrons. The molecule has 3 N–H and O–H groups in total. The fraction of sp³-hybridized carbons (Fsp3) is 0.947. The molecular weight excluding hydrogens is 609 g/mol. The lowest BCUT2D eigenvalue weighted by atomic mass is 10.1. The van der Waals surface area contributed by atoms with Crippen molar-refractivity contribution in [1.82, 2.24) is 0 Å². The summed E-state index contributed by atoms with van der Waals surface area (Å²) in [6, 6.07) is 0. The molecule has 47 heavy (non-hydrogen) atoms. The van der Waals surface area contributed by atoms with Crippen LogP contribution >= 0.6 is 0 Å². The average Bonchev–Trinajstić information content (AvgIpc) is 3.09. The first-order chi connectivity index (χ1) is 22.9. The molecule has 0 aromatic heterocycles. The van der Waals surface area contributed by atoms with E-state index in [-0.39, 0.29) is 19.8 Å². The van der Waals surface area contributed by atoms with Crippen molar-refractivity contribution >= 4 is 0 Å². The molecule has 3 atom stereocenters. The van der Waals surface area contributed by atoms with Crippen LogP contribution in [0.1, 0.15) is 161 Å². The third kappa shape index (κ3) is 52.1. The van der Waals surface area contributed by atoms with E-state index in [0.717, 1.165) is 84.2 Å². The molecule has 3 unspecified atom stereocenters. The Morgan fingerprint density at radius 2 is 0.787 bits per heavy atom. The molecule has 0 rings (SSSR count). The largest absolute Gasteiger partial charge is 0.502 e. The van der Waals surface area contributed by atoms with Crippen molar-refractivity contribution in [3.63, 3.8) is 0 Å². The molecule has 0 aliphatic heterocycles. The van der Waals surface area contributed by atoms with Gasteiger partial charge in [0.2, 0.25) is 0 Å². The van der Waals surface area contributed by atoms with E-state index < -0.39 is 18.5 Å². The lowest BCUT2D eigenvalue weighted by Gasteiger charge is -2.04. The predicted molar refractivity (Wildman–Crippen MR) is 191 cm³/mol. The van der Waals surface area contributed by atoms with Crippen LogP contribution in [0.2, 0.25) is 0 Å². The molecule has 0 bridgehead atoms. The highest BCUT2D eigenvalue weighted by atomic mass is 19.1. The second kappa shape index (κ2) is 47.2. The van der Waals surface area contributed by atoms with Crippen molar-refractivity contribution < 1.29 is 42.7 Å². The number of aliphatic hydroxyl groups is 3. The Morgan fingerprint density at radius 3 is 1.09 bits per heavy atom. The van der Waals surface area contributed by atoms with Gasteiger partial charge in [0.05, 0.1) is 32.7 Å². The normalized spacial score (nSPS) is 12.8. The van der Waals surface area contributed by atoms with E-state index >= 15 is 0 Å². The molecule has 0 saturated heterocycles. The first-order valence-corrected chi connectivity index (χ1v) is 19.0. The van der Waals surface area contributed by atoms with E-state index in [2.05, 4.69) is 6.58 Å². The van der Waals surface area contributed by atoms with Crippen LogP contribution in [0, 0.1) is 0 Å². The number of aliphatic hydroxyl groups excluding tert-OH is 3. The van der Waals surface area contributed by atoms with Gasteiger partial charge in [-0.3, -0.25) is 0 Å². The van der Waals surface area contributed by atoms with Gasteiger partial charge in [0.15, 0.2) is 0 Å². The van der Waals surface area contributed by atoms with Crippen molar-refractivity contribution in [1.29, 1.82) is 0 Å². The van der Waals surface area contributed by atoms with Crippen LogP contribution in [0.15, 0.2) is 12.8 Å². The summed E-state index contributed by atoms with van der Waals surface area (Å²) in [6.45, 7) is 7.85. The summed E-state index contributed by atoms with van der Waals surface area (Å²) in [5, 5.41) is 25.4. The molecule has 9 heteroatoms. The summed E-state index contributed by atoms with van der Waals surface area (Å²) < 4.78 is 53.0. The number of methoxy groups -OCH3 is 1. The Hall–Kier alpha value is -0.870. The topological polar surface area (TPSA) is 88.4 Å². The van der Waals surface area contributed by atoms with Crippen LogP contribution in [0.5, 0.6) is 0 Å². The zero-order valence-corrected chi connectivity index (χ0v) is 30.6. The van der Waals surface area contributed by atoms with E-state index in [9.17, 15) is 13.2 Å². The van der Waals surface area contributed by atoms with Gasteiger partial charge in [-0.1, -0.05) is 122 Å². The lowest BCUT2D eigenvalue weighted by molar-refractivity contribution is 0.143. The van der Waals surface area contributed by atoms with Crippen molar-refractivity contribution in [3.05, 3.63) is 12.8 Å². The number of unbranched alkanes of at least 4 members (excludes halogenated alkanes) is 18. The van der Waals surface area contributed by atoms with E-state index in [1.807, 2.05) is 6.92 Å². The molecular formula is C38H77F3O6. The second-order valence-electron chi connectivity index (χ2n) is 12.4. The van der Waals surface area contributed by atoms with Crippen molar-refractivity contribution in [2.45, 2.75) is 180 Å². The number of rotatable bonds is 35. The van der Waals surface area contributed by atoms with E-state index in [0.29, 0.717) is 19.3 Å². The molecule has 0 saturated carbocycles. The molecule has 0 aliphatic rings. The number of hydrogen-bond acceptors (Lipinski definition) is 6. The minimum absolute atomic E-state index is 0.322. The molecule has 6 nitrogen and oxygen atoms in total. The summed E-state index contributed by atoms with van der Waals surface area (Å²) in [6.07, 6.45) is 23.9. The molecule has 286 valence electrons. The standard InChI is InChI=1S/C13H27FO2.C13H25FO2.C12H25FO2/c2*1-2-16-11-9-7-5-3-4-6-8-10-13(14)12-15;1-15-10-8-6-4-2-3-5-7-9-12(13)11-14/h13,15H,2-12H2,1H3;2,13,15H,1,3-12H2;12,14H,2-11H2,1H3. The van der Waals surface area contributed by atoms with Gasteiger partial charge in [-0.15, -0.1) is 0 Å². The second-order valence-corrected chi connectivity index (χ2v) is 12.4. The Morgan fingerprint density at radius 1 is 0.489 bits per heavy atom. The zero-order chi connectivity index (χ0) is 35.5. The van der Waals surface area contributed by atoms with Gasteiger partial charge in [-0.05, 0) is 45.4 Å². The summed E-state index contributed by atoms with van der Waals surface area (Å²) in [4.78, 5) is 0. The van der Waals surface area contributed by atoms with Crippen LogP contribution in [0.4, 0.5) is 13.2 Å². The van der Waals surface area contributed by atoms with Crippen LogP contribution in [0.25, 0.3) is 0 Å². The van der Waals surface area contributed by atoms with Gasteiger partial charge < -0.3 is 29.5 Å². The van der Waals surface area contributed by atoms with Crippen LogP contribution in [-0.2, 0) is 14.2 Å². The van der Waals surface area contributed by atoms with Gasteiger partial charge in [-0.25, -0.2) is 13.2 Å². The Kier molecular flexibility index (Phi) is 50.8. The molecule has 0 spiro atoms. The van der Waals surface area contributed by atoms with Gasteiger partial charge in [0.1, 0.15) is 18.5 Å². The van der Waals surface area contributed by atoms with Crippen LogP contribution in [-0.4, -0.2) is 87.2 Å². The monoisotopic (exact) mass is 687 g/mol. The number of hydrogen-bond donors (Lipinski definition) is 3.